The van der Waals surface area contributed by atoms with E-state index in [2.05, 4.69) is 20.6 Å². The summed E-state index contributed by atoms with van der Waals surface area (Å²) in [6.07, 6.45) is 5.77. The van der Waals surface area contributed by atoms with E-state index in [4.69, 9.17) is 4.98 Å². The van der Waals surface area contributed by atoms with Crippen molar-refractivity contribution in [2.45, 2.75) is 13.5 Å². The molecule has 0 saturated heterocycles. The summed E-state index contributed by atoms with van der Waals surface area (Å²) >= 11 is 0. The Bertz CT molecular complexity index is 1520. The van der Waals surface area contributed by atoms with E-state index in [-0.39, 0.29) is 5.82 Å². The molecule has 0 fully saturated rings. The van der Waals surface area contributed by atoms with Crippen molar-refractivity contribution in [2.75, 3.05) is 10.6 Å². The zero-order valence-corrected chi connectivity index (χ0v) is 19.0. The molecule has 5 aromatic rings. The SMILES string of the molecule is Cc1cc(-c2ncc(NCc3ccc(NC=O)cc3)cc2-c2ccc3nccnc3c2)ccc1F. The molecule has 2 aromatic heterocycles. The van der Waals surface area contributed by atoms with Crippen molar-refractivity contribution in [3.8, 4) is 22.4 Å². The number of pyridine rings is 1. The summed E-state index contributed by atoms with van der Waals surface area (Å²) in [4.78, 5) is 24.2. The van der Waals surface area contributed by atoms with Crippen LogP contribution in [0, 0.1) is 12.7 Å². The van der Waals surface area contributed by atoms with E-state index in [1.165, 1.54) is 6.07 Å². The Morgan fingerprint density at radius 1 is 0.829 bits per heavy atom. The molecule has 6 nitrogen and oxygen atoms in total. The van der Waals surface area contributed by atoms with Crippen LogP contribution < -0.4 is 10.6 Å². The highest BCUT2D eigenvalue weighted by Crippen LogP contribution is 2.34. The van der Waals surface area contributed by atoms with Gasteiger partial charge in [0.25, 0.3) is 0 Å². The predicted molar refractivity (Wildman–Crippen MR) is 136 cm³/mol. The number of hydrogen-bond acceptors (Lipinski definition) is 5. The summed E-state index contributed by atoms with van der Waals surface area (Å²) in [5.41, 5.74) is 8.24. The number of carbonyl (C=O) groups excluding carboxylic acids is 1. The summed E-state index contributed by atoms with van der Waals surface area (Å²) in [6.45, 7) is 2.33. The predicted octanol–water partition coefficient (Wildman–Crippen LogP) is 5.99. The van der Waals surface area contributed by atoms with E-state index in [1.807, 2.05) is 54.6 Å². The van der Waals surface area contributed by atoms with E-state index in [0.29, 0.717) is 18.5 Å². The Hall–Kier alpha value is -4.65. The first-order chi connectivity index (χ1) is 17.1. The van der Waals surface area contributed by atoms with Crippen LogP contribution in [-0.4, -0.2) is 21.4 Å². The molecule has 0 aliphatic heterocycles. The Labute approximate surface area is 201 Å². The molecule has 0 spiro atoms. The van der Waals surface area contributed by atoms with Gasteiger partial charge in [-0.15, -0.1) is 0 Å². The van der Waals surface area contributed by atoms with Crippen molar-refractivity contribution in [3.05, 3.63) is 102 Å². The number of nitrogens with zero attached hydrogens (tertiary/aromatic N) is 3. The Kier molecular flexibility index (Phi) is 6.13. The van der Waals surface area contributed by atoms with Crippen molar-refractivity contribution in [2.24, 2.45) is 0 Å². The van der Waals surface area contributed by atoms with E-state index >= 15 is 0 Å². The van der Waals surface area contributed by atoms with Crippen molar-refractivity contribution in [1.29, 1.82) is 0 Å². The van der Waals surface area contributed by atoms with E-state index < -0.39 is 0 Å². The van der Waals surface area contributed by atoms with Crippen LogP contribution in [0.25, 0.3) is 33.4 Å². The van der Waals surface area contributed by atoms with Gasteiger partial charge in [0, 0.05) is 35.8 Å². The minimum atomic E-state index is -0.246. The topological polar surface area (TPSA) is 79.8 Å². The highest BCUT2D eigenvalue weighted by molar-refractivity contribution is 5.88. The van der Waals surface area contributed by atoms with Crippen LogP contribution in [0.15, 0.2) is 85.3 Å². The number of benzene rings is 3. The van der Waals surface area contributed by atoms with Crippen LogP contribution in [0.3, 0.4) is 0 Å². The minimum Gasteiger partial charge on any atom is -0.380 e. The van der Waals surface area contributed by atoms with Gasteiger partial charge in [-0.05, 0) is 72.1 Å². The monoisotopic (exact) mass is 463 g/mol. The summed E-state index contributed by atoms with van der Waals surface area (Å²) in [6, 6.07) is 20.6. The molecule has 1 amide bonds. The van der Waals surface area contributed by atoms with Crippen molar-refractivity contribution < 1.29 is 9.18 Å². The number of amides is 1. The van der Waals surface area contributed by atoms with Gasteiger partial charge in [-0.25, -0.2) is 4.39 Å². The van der Waals surface area contributed by atoms with E-state index in [0.717, 1.165) is 50.4 Å². The summed E-state index contributed by atoms with van der Waals surface area (Å²) in [7, 11) is 0. The van der Waals surface area contributed by atoms with Crippen LogP contribution in [0.4, 0.5) is 15.8 Å². The molecule has 7 heteroatoms. The summed E-state index contributed by atoms with van der Waals surface area (Å²) < 4.78 is 13.9. The lowest BCUT2D eigenvalue weighted by Crippen LogP contribution is -2.02. The van der Waals surface area contributed by atoms with Gasteiger partial charge in [0.2, 0.25) is 6.41 Å². The van der Waals surface area contributed by atoms with Crippen LogP contribution >= 0.6 is 0 Å². The highest BCUT2D eigenvalue weighted by Gasteiger charge is 2.13. The second kappa shape index (κ2) is 9.69. The van der Waals surface area contributed by atoms with Gasteiger partial charge in [-0.3, -0.25) is 19.7 Å². The van der Waals surface area contributed by atoms with Crippen LogP contribution in [-0.2, 0) is 11.3 Å². The second-order valence-corrected chi connectivity index (χ2v) is 8.16. The maximum absolute atomic E-state index is 13.9. The number of aryl methyl sites for hydroxylation is 1. The number of anilines is 2. The standard InChI is InChI=1S/C28H22FN5O/c1-18-12-21(4-8-25(18)29)28-24(20-5-9-26-27(13-20)31-11-10-30-26)14-23(16-33-28)32-15-19-2-6-22(7-3-19)34-17-35/h2-14,16-17,32H,15H2,1H3,(H,34,35). The fourth-order valence-corrected chi connectivity index (χ4v) is 3.93. The highest BCUT2D eigenvalue weighted by atomic mass is 19.1. The molecule has 0 bridgehead atoms. The molecular formula is C28H22FN5O. The molecular weight excluding hydrogens is 441 g/mol. The van der Waals surface area contributed by atoms with Crippen molar-refractivity contribution in [1.82, 2.24) is 15.0 Å². The minimum absolute atomic E-state index is 0.246. The van der Waals surface area contributed by atoms with Crippen LogP contribution in [0.1, 0.15) is 11.1 Å². The number of aromatic nitrogens is 3. The summed E-state index contributed by atoms with van der Waals surface area (Å²) in [5, 5.41) is 6.05. The molecule has 172 valence electrons. The lowest BCUT2D eigenvalue weighted by molar-refractivity contribution is -0.105. The molecule has 0 unspecified atom stereocenters. The van der Waals surface area contributed by atoms with E-state index in [9.17, 15) is 9.18 Å². The number of halogens is 1. The first-order valence-corrected chi connectivity index (χ1v) is 11.1. The average molecular weight is 464 g/mol. The first kappa shape index (κ1) is 22.2. The van der Waals surface area contributed by atoms with Gasteiger partial charge in [-0.2, -0.15) is 0 Å². The average Bonchev–Trinajstić information content (AvgIpc) is 2.90. The zero-order chi connectivity index (χ0) is 24.2. The molecule has 2 heterocycles. The van der Waals surface area contributed by atoms with Gasteiger partial charge < -0.3 is 10.6 Å². The Balaban J connectivity index is 1.52. The maximum Gasteiger partial charge on any atom is 0.211 e. The first-order valence-electron chi connectivity index (χ1n) is 11.1. The summed E-state index contributed by atoms with van der Waals surface area (Å²) in [5.74, 6) is -0.246. The number of fused-ring (bicyclic) bond motifs is 1. The lowest BCUT2D eigenvalue weighted by Gasteiger charge is -2.14. The fourth-order valence-electron chi connectivity index (χ4n) is 3.93. The quantitative estimate of drug-likeness (QED) is 0.290. The lowest BCUT2D eigenvalue weighted by atomic mass is 9.97. The number of hydrogen-bond donors (Lipinski definition) is 2. The van der Waals surface area contributed by atoms with Gasteiger partial charge >= 0.3 is 0 Å². The Morgan fingerprint density at radius 2 is 1.60 bits per heavy atom. The van der Waals surface area contributed by atoms with Gasteiger partial charge in [0.1, 0.15) is 5.82 Å². The maximum atomic E-state index is 13.9. The molecule has 2 N–H and O–H groups in total. The zero-order valence-electron chi connectivity index (χ0n) is 19.0. The normalized spacial score (nSPS) is 10.8. The smallest absolute Gasteiger partial charge is 0.211 e. The molecule has 0 saturated carbocycles. The third-order valence-corrected chi connectivity index (χ3v) is 5.78. The van der Waals surface area contributed by atoms with E-state index in [1.54, 1.807) is 31.6 Å². The Morgan fingerprint density at radius 3 is 2.37 bits per heavy atom. The third-order valence-electron chi connectivity index (χ3n) is 5.78. The molecule has 0 aliphatic carbocycles. The fraction of sp³-hybridized carbons (Fsp3) is 0.0714. The van der Waals surface area contributed by atoms with Crippen molar-refractivity contribution >= 4 is 28.8 Å². The molecule has 3 aromatic carbocycles. The third kappa shape index (κ3) is 4.84. The van der Waals surface area contributed by atoms with Crippen molar-refractivity contribution in [3.63, 3.8) is 0 Å². The number of rotatable bonds is 7. The molecule has 5 rings (SSSR count). The number of nitrogens with one attached hydrogen (secondary N) is 2. The van der Waals surface area contributed by atoms with Gasteiger partial charge in [0.05, 0.1) is 28.6 Å². The van der Waals surface area contributed by atoms with Crippen LogP contribution in [0.5, 0.6) is 0 Å². The van der Waals surface area contributed by atoms with Gasteiger partial charge in [0.15, 0.2) is 0 Å². The molecule has 0 atom stereocenters. The molecule has 0 aliphatic rings. The largest absolute Gasteiger partial charge is 0.380 e. The van der Waals surface area contributed by atoms with Gasteiger partial charge in [-0.1, -0.05) is 18.2 Å². The molecule has 35 heavy (non-hydrogen) atoms. The number of carbonyl (C=O) groups is 1. The molecule has 0 radical (unpaired) electrons. The second-order valence-electron chi connectivity index (χ2n) is 8.16. The van der Waals surface area contributed by atoms with Crippen LogP contribution in [0.2, 0.25) is 0 Å².